The van der Waals surface area contributed by atoms with Crippen LogP contribution < -0.4 is 0 Å². The van der Waals surface area contributed by atoms with Crippen molar-refractivity contribution in [2.45, 2.75) is 13.8 Å². The van der Waals surface area contributed by atoms with Crippen LogP contribution in [0.25, 0.3) is 0 Å². The molecule has 0 saturated heterocycles. The molecule has 6 heteroatoms. The summed E-state index contributed by atoms with van der Waals surface area (Å²) in [6, 6.07) is 0. The van der Waals surface area contributed by atoms with E-state index in [0.29, 0.717) is 23.6 Å². The fourth-order valence-corrected chi connectivity index (χ4v) is 2.41. The van der Waals surface area contributed by atoms with Gasteiger partial charge in [-0.1, -0.05) is 0 Å². The maximum Gasteiger partial charge on any atom is 0.455 e. The molecule has 0 aromatic rings. The van der Waals surface area contributed by atoms with Crippen molar-refractivity contribution >= 4 is 19.6 Å². The van der Waals surface area contributed by atoms with Crippen molar-refractivity contribution in [1.82, 2.24) is 4.31 Å². The van der Waals surface area contributed by atoms with Crippen molar-refractivity contribution in [3.63, 3.8) is 0 Å². The van der Waals surface area contributed by atoms with Gasteiger partial charge in [0.15, 0.2) is 0 Å². The molecule has 0 aromatic heterocycles. The number of nitrogens with zero attached hydrogens (tertiary/aromatic N) is 1. The molecule has 0 radical (unpaired) electrons. The van der Waals surface area contributed by atoms with Gasteiger partial charge in [0.25, 0.3) is 0 Å². The predicted octanol–water partition coefficient (Wildman–Crippen LogP) is 0.471. The number of rotatable bonds is 3. The van der Waals surface area contributed by atoms with Gasteiger partial charge >= 0.3 is 19.6 Å². The lowest BCUT2D eigenvalue weighted by Crippen LogP contribution is -2.20. The largest absolute Gasteiger partial charge is 0.455 e. The molecule has 2 N–H and O–H groups in total. The monoisotopic (exact) mass is 186 g/mol. The molecule has 0 atom stereocenters. The molecule has 0 spiro atoms. The lowest BCUT2D eigenvalue weighted by atomic mass is 10.7. The molecule has 10 heavy (non-hydrogen) atoms. The number of hydrogen-bond acceptors (Lipinski definition) is 1. The fourth-order valence-electron chi connectivity index (χ4n) is 0.466. The summed E-state index contributed by atoms with van der Waals surface area (Å²) in [6.07, 6.45) is 0. The molecule has 0 bridgehead atoms. The molecular formula is C4H12NO3S2+. The third-order valence-corrected chi connectivity index (χ3v) is 3.04. The van der Waals surface area contributed by atoms with Gasteiger partial charge < -0.3 is 0 Å². The summed E-state index contributed by atoms with van der Waals surface area (Å²) >= 11 is 0. The van der Waals surface area contributed by atoms with Gasteiger partial charge in [0, 0.05) is 0 Å². The second-order valence-electron chi connectivity index (χ2n) is 1.64. The lowest BCUT2D eigenvalue weighted by Gasteiger charge is -1.95. The predicted molar refractivity (Wildman–Crippen MR) is 43.7 cm³/mol. The van der Waals surface area contributed by atoms with Crippen LogP contribution in [0.4, 0.5) is 0 Å². The first-order valence-electron chi connectivity index (χ1n) is 2.93. The Morgan fingerprint density at radius 2 is 1.80 bits per heavy atom. The third-order valence-electron chi connectivity index (χ3n) is 0.908. The van der Waals surface area contributed by atoms with Crippen LogP contribution in [-0.2, 0) is 19.6 Å². The van der Waals surface area contributed by atoms with Gasteiger partial charge in [-0.05, 0) is 18.2 Å². The zero-order chi connectivity index (χ0) is 8.20. The highest BCUT2D eigenvalue weighted by Gasteiger charge is 2.17. The van der Waals surface area contributed by atoms with Crippen LogP contribution in [0.2, 0.25) is 0 Å². The fraction of sp³-hybridized carbons (Fsp3) is 1.00. The average molecular weight is 186 g/mol. The molecule has 62 valence electrons. The van der Waals surface area contributed by atoms with E-state index in [1.807, 2.05) is 13.8 Å². The first-order valence-corrected chi connectivity index (χ1v) is 5.69. The Hall–Kier alpha value is 0.250. The van der Waals surface area contributed by atoms with Crippen LogP contribution in [-0.4, -0.2) is 30.7 Å². The van der Waals surface area contributed by atoms with E-state index in [9.17, 15) is 4.21 Å². The van der Waals surface area contributed by atoms with Gasteiger partial charge in [0.2, 0.25) is 0 Å². The highest BCUT2D eigenvalue weighted by Crippen LogP contribution is 1.88. The van der Waals surface area contributed by atoms with Crippen LogP contribution in [0.5, 0.6) is 0 Å². The SMILES string of the molecule is CCN(CC)[S+]=S(=O)(O)O. The first-order chi connectivity index (χ1) is 4.49. The quantitative estimate of drug-likeness (QED) is 0.497. The zero-order valence-corrected chi connectivity index (χ0v) is 7.61. The van der Waals surface area contributed by atoms with Crippen molar-refractivity contribution in [1.29, 1.82) is 0 Å². The molecule has 0 aliphatic heterocycles. The second kappa shape index (κ2) is 4.20. The van der Waals surface area contributed by atoms with E-state index < -0.39 is 9.05 Å². The minimum Gasteiger partial charge on any atom is -0.249 e. The summed E-state index contributed by atoms with van der Waals surface area (Å²) in [6.45, 7) is 4.97. The van der Waals surface area contributed by atoms with Crippen LogP contribution in [0.3, 0.4) is 0 Å². The number of hydrogen-bond donors (Lipinski definition) is 2. The Morgan fingerprint density at radius 1 is 1.40 bits per heavy atom. The lowest BCUT2D eigenvalue weighted by molar-refractivity contribution is 0.447. The van der Waals surface area contributed by atoms with Crippen LogP contribution in [0, 0.1) is 0 Å². The molecule has 0 heterocycles. The summed E-state index contributed by atoms with van der Waals surface area (Å²) in [5.41, 5.74) is 0. The van der Waals surface area contributed by atoms with Crippen molar-refractivity contribution < 1.29 is 13.3 Å². The molecular weight excluding hydrogens is 174 g/mol. The molecule has 0 aliphatic rings. The minimum absolute atomic E-state index is 0.574. The summed E-state index contributed by atoms with van der Waals surface area (Å²) in [4.78, 5) is 0. The summed E-state index contributed by atoms with van der Waals surface area (Å²) in [5.74, 6) is 0. The first kappa shape index (κ1) is 10.2. The minimum atomic E-state index is -3.65. The third kappa shape index (κ3) is 5.07. The van der Waals surface area contributed by atoms with E-state index in [-0.39, 0.29) is 0 Å². The van der Waals surface area contributed by atoms with Gasteiger partial charge in [-0.25, -0.2) is 9.11 Å². The van der Waals surface area contributed by atoms with Gasteiger partial charge in [-0.3, -0.25) is 0 Å². The topological polar surface area (TPSA) is 60.8 Å². The Balaban J connectivity index is 4.23. The van der Waals surface area contributed by atoms with Gasteiger partial charge in [-0.15, -0.1) is 0 Å². The summed E-state index contributed by atoms with van der Waals surface area (Å²) in [7, 11) is -3.08. The maximum absolute atomic E-state index is 10.3. The Morgan fingerprint density at radius 3 is 1.90 bits per heavy atom. The molecule has 0 amide bonds. The summed E-state index contributed by atoms with van der Waals surface area (Å²) in [5, 5.41) is 0. The van der Waals surface area contributed by atoms with E-state index in [4.69, 9.17) is 9.11 Å². The zero-order valence-electron chi connectivity index (χ0n) is 5.98. The molecule has 0 unspecified atom stereocenters. The molecule has 0 rings (SSSR count). The standard InChI is InChI=1S/C4H11NO3S2/c1-3-5(4-2)9-10(6,7)8/h3-4H2,1-2H3,(H-,6,7,8)/p+1. The van der Waals surface area contributed by atoms with E-state index in [0.717, 1.165) is 0 Å². The van der Waals surface area contributed by atoms with E-state index >= 15 is 0 Å². The Labute approximate surface area is 64.7 Å². The van der Waals surface area contributed by atoms with Gasteiger partial charge in [-0.2, -0.15) is 4.21 Å². The highest BCUT2D eigenvalue weighted by molar-refractivity contribution is 8.33. The van der Waals surface area contributed by atoms with Crippen LogP contribution in [0.15, 0.2) is 0 Å². The van der Waals surface area contributed by atoms with E-state index in [1.54, 1.807) is 4.31 Å². The summed E-state index contributed by atoms with van der Waals surface area (Å²) < 4.78 is 28.9. The molecule has 0 saturated carbocycles. The molecule has 0 aromatic carbocycles. The normalized spacial score (nSPS) is 12.1. The maximum atomic E-state index is 10.3. The van der Waals surface area contributed by atoms with Crippen LogP contribution in [0.1, 0.15) is 13.8 Å². The van der Waals surface area contributed by atoms with Gasteiger partial charge in [0.1, 0.15) is 0 Å². The van der Waals surface area contributed by atoms with Crippen molar-refractivity contribution in [2.75, 3.05) is 13.1 Å². The second-order valence-corrected chi connectivity index (χ2v) is 4.95. The average Bonchev–Trinajstić information content (AvgIpc) is 1.81. The smallest absolute Gasteiger partial charge is 0.249 e. The van der Waals surface area contributed by atoms with E-state index in [1.165, 1.54) is 0 Å². The highest BCUT2D eigenvalue weighted by atomic mass is 32.9. The van der Waals surface area contributed by atoms with Crippen molar-refractivity contribution in [3.8, 4) is 0 Å². The molecule has 0 fully saturated rings. The van der Waals surface area contributed by atoms with Crippen molar-refractivity contribution in [3.05, 3.63) is 0 Å². The van der Waals surface area contributed by atoms with Crippen LogP contribution >= 0.6 is 0 Å². The Bertz CT molecular complexity index is 185. The van der Waals surface area contributed by atoms with Crippen molar-refractivity contribution in [2.24, 2.45) is 0 Å². The van der Waals surface area contributed by atoms with Gasteiger partial charge in [0.05, 0.1) is 13.1 Å². The molecule has 0 aliphatic carbocycles. The Kier molecular flexibility index (Phi) is 4.30. The van der Waals surface area contributed by atoms with E-state index in [2.05, 4.69) is 0 Å². The molecule has 4 nitrogen and oxygen atoms in total.